The van der Waals surface area contributed by atoms with Crippen LogP contribution in [0.15, 0.2) is 6.07 Å². The number of nitrogens with one attached hydrogen (secondary N) is 1. The number of carbonyl (C=O) groups is 1. The molecule has 0 radical (unpaired) electrons. The number of hydrazine groups is 1. The van der Waals surface area contributed by atoms with E-state index in [-0.39, 0.29) is 5.91 Å². The van der Waals surface area contributed by atoms with E-state index in [9.17, 15) is 4.79 Å². The number of morpholine rings is 1. The molecule has 0 spiro atoms. The number of thiophene rings is 1. The minimum absolute atomic E-state index is 0.0382. The molecule has 0 unspecified atom stereocenters. The Labute approximate surface area is 111 Å². The van der Waals surface area contributed by atoms with Gasteiger partial charge in [0.25, 0.3) is 5.91 Å². The van der Waals surface area contributed by atoms with Gasteiger partial charge in [0.2, 0.25) is 0 Å². The zero-order valence-electron chi connectivity index (χ0n) is 10.4. The van der Waals surface area contributed by atoms with Crippen LogP contribution in [0.4, 0.5) is 0 Å². The van der Waals surface area contributed by atoms with E-state index in [0.29, 0.717) is 13.2 Å². The second-order valence-electron chi connectivity index (χ2n) is 4.81. The fraction of sp³-hybridized carbons (Fsp3) is 0.615. The molecular formula is C13H18N2O2S. The molecule has 4 nitrogen and oxygen atoms in total. The average Bonchev–Trinajstić information content (AvgIpc) is 2.84. The van der Waals surface area contributed by atoms with Crippen LogP contribution >= 0.6 is 11.3 Å². The number of nitrogens with zero attached hydrogens (tertiary/aromatic N) is 1. The summed E-state index contributed by atoms with van der Waals surface area (Å²) in [4.78, 5) is 14.4. The molecule has 18 heavy (non-hydrogen) atoms. The van der Waals surface area contributed by atoms with Gasteiger partial charge in [-0.25, -0.2) is 5.01 Å². The fourth-order valence-corrected chi connectivity index (χ4v) is 3.62. The molecular weight excluding hydrogens is 248 g/mol. The second kappa shape index (κ2) is 5.38. The molecule has 1 N–H and O–H groups in total. The maximum Gasteiger partial charge on any atom is 0.275 e. The standard InChI is InChI=1S/C13H18N2O2S/c16-13(14-15-5-7-17-8-6-15)12-9-10-3-1-2-4-11(10)18-12/h9H,1-8H2,(H,14,16). The molecule has 5 heteroatoms. The molecule has 0 saturated carbocycles. The Kier molecular flexibility index (Phi) is 3.63. The zero-order valence-corrected chi connectivity index (χ0v) is 11.2. The third kappa shape index (κ3) is 2.58. The smallest absolute Gasteiger partial charge is 0.275 e. The van der Waals surface area contributed by atoms with Crippen molar-refractivity contribution in [3.05, 3.63) is 21.4 Å². The van der Waals surface area contributed by atoms with Crippen molar-refractivity contribution in [1.82, 2.24) is 10.4 Å². The highest BCUT2D eigenvalue weighted by Gasteiger charge is 2.19. The first-order chi connectivity index (χ1) is 8.83. The van der Waals surface area contributed by atoms with E-state index >= 15 is 0 Å². The van der Waals surface area contributed by atoms with Crippen LogP contribution < -0.4 is 5.43 Å². The van der Waals surface area contributed by atoms with Gasteiger partial charge >= 0.3 is 0 Å². The molecule has 3 rings (SSSR count). The summed E-state index contributed by atoms with van der Waals surface area (Å²) in [6, 6.07) is 2.08. The van der Waals surface area contributed by atoms with Crippen molar-refractivity contribution >= 4 is 17.2 Å². The lowest BCUT2D eigenvalue weighted by molar-refractivity contribution is 0.0127. The number of aryl methyl sites for hydroxylation is 2. The topological polar surface area (TPSA) is 41.6 Å². The number of carbonyl (C=O) groups excluding carboxylic acids is 1. The van der Waals surface area contributed by atoms with Crippen LogP contribution in [0.2, 0.25) is 0 Å². The lowest BCUT2D eigenvalue weighted by atomic mass is 9.99. The van der Waals surface area contributed by atoms with E-state index in [0.717, 1.165) is 30.8 Å². The van der Waals surface area contributed by atoms with Crippen molar-refractivity contribution in [2.24, 2.45) is 0 Å². The Hall–Kier alpha value is -0.910. The molecule has 98 valence electrons. The molecule has 0 aromatic carbocycles. The van der Waals surface area contributed by atoms with Crippen LogP contribution in [0.3, 0.4) is 0 Å². The van der Waals surface area contributed by atoms with Crippen molar-refractivity contribution in [1.29, 1.82) is 0 Å². The Morgan fingerprint density at radius 1 is 1.28 bits per heavy atom. The number of fused-ring (bicyclic) bond motifs is 1. The molecule has 1 aromatic heterocycles. The fourth-order valence-electron chi connectivity index (χ4n) is 2.48. The maximum absolute atomic E-state index is 12.1. The van der Waals surface area contributed by atoms with Crippen molar-refractivity contribution in [2.45, 2.75) is 25.7 Å². The quantitative estimate of drug-likeness (QED) is 0.884. The van der Waals surface area contributed by atoms with Crippen LogP contribution in [0, 0.1) is 0 Å². The van der Waals surface area contributed by atoms with Crippen LogP contribution in [-0.4, -0.2) is 37.2 Å². The molecule has 2 heterocycles. The predicted octanol–water partition coefficient (Wildman–Crippen LogP) is 1.60. The predicted molar refractivity (Wildman–Crippen MR) is 70.8 cm³/mol. The Bertz CT molecular complexity index is 415. The van der Waals surface area contributed by atoms with Crippen LogP contribution in [0.5, 0.6) is 0 Å². The van der Waals surface area contributed by atoms with Crippen molar-refractivity contribution in [3.63, 3.8) is 0 Å². The number of amides is 1. The van der Waals surface area contributed by atoms with E-state index in [1.165, 1.54) is 23.3 Å². The number of hydrogen-bond donors (Lipinski definition) is 1. The number of hydrogen-bond acceptors (Lipinski definition) is 4. The van der Waals surface area contributed by atoms with Gasteiger partial charge in [0.1, 0.15) is 0 Å². The summed E-state index contributed by atoms with van der Waals surface area (Å²) in [6.07, 6.45) is 4.80. The molecule has 1 aromatic rings. The van der Waals surface area contributed by atoms with Gasteiger partial charge in [-0.2, -0.15) is 0 Å². The Morgan fingerprint density at radius 3 is 2.83 bits per heavy atom. The van der Waals surface area contributed by atoms with Crippen molar-refractivity contribution in [2.75, 3.05) is 26.3 Å². The third-order valence-electron chi connectivity index (χ3n) is 3.49. The first kappa shape index (κ1) is 12.1. The van der Waals surface area contributed by atoms with Crippen LogP contribution in [-0.2, 0) is 17.6 Å². The van der Waals surface area contributed by atoms with E-state index < -0.39 is 0 Å². The monoisotopic (exact) mass is 266 g/mol. The van der Waals surface area contributed by atoms with Gasteiger partial charge in [-0.15, -0.1) is 11.3 Å². The Morgan fingerprint density at radius 2 is 2.06 bits per heavy atom. The summed E-state index contributed by atoms with van der Waals surface area (Å²) in [7, 11) is 0. The molecule has 0 atom stereocenters. The van der Waals surface area contributed by atoms with Gasteiger partial charge in [-0.3, -0.25) is 10.2 Å². The highest BCUT2D eigenvalue weighted by Crippen LogP contribution is 2.29. The summed E-state index contributed by atoms with van der Waals surface area (Å²) >= 11 is 1.66. The van der Waals surface area contributed by atoms with Crippen molar-refractivity contribution < 1.29 is 9.53 Å². The van der Waals surface area contributed by atoms with Crippen LogP contribution in [0.25, 0.3) is 0 Å². The number of rotatable bonds is 2. The second-order valence-corrected chi connectivity index (χ2v) is 5.94. The molecule has 1 aliphatic heterocycles. The highest BCUT2D eigenvalue weighted by atomic mass is 32.1. The molecule has 2 aliphatic rings. The summed E-state index contributed by atoms with van der Waals surface area (Å²) in [5.41, 5.74) is 4.36. The summed E-state index contributed by atoms with van der Waals surface area (Å²) in [6.45, 7) is 2.94. The first-order valence-corrected chi connectivity index (χ1v) is 7.40. The van der Waals surface area contributed by atoms with Crippen LogP contribution in [0.1, 0.15) is 33.0 Å². The molecule has 1 fully saturated rings. The largest absolute Gasteiger partial charge is 0.379 e. The third-order valence-corrected chi connectivity index (χ3v) is 4.73. The SMILES string of the molecule is O=C(NN1CCOCC1)c1cc2c(s1)CCCC2. The van der Waals surface area contributed by atoms with E-state index in [4.69, 9.17) is 4.74 Å². The molecule has 0 bridgehead atoms. The summed E-state index contributed by atoms with van der Waals surface area (Å²) in [5, 5.41) is 1.95. The van der Waals surface area contributed by atoms with Crippen molar-refractivity contribution in [3.8, 4) is 0 Å². The van der Waals surface area contributed by atoms with Gasteiger partial charge in [0.05, 0.1) is 18.1 Å². The van der Waals surface area contributed by atoms with Gasteiger partial charge in [-0.1, -0.05) is 0 Å². The van der Waals surface area contributed by atoms with E-state index in [1.54, 1.807) is 11.3 Å². The van der Waals surface area contributed by atoms with Gasteiger partial charge in [0, 0.05) is 18.0 Å². The highest BCUT2D eigenvalue weighted by molar-refractivity contribution is 7.14. The molecule has 1 saturated heterocycles. The van der Waals surface area contributed by atoms with E-state index in [1.807, 2.05) is 5.01 Å². The van der Waals surface area contributed by atoms with Gasteiger partial charge in [0.15, 0.2) is 0 Å². The minimum Gasteiger partial charge on any atom is -0.379 e. The average molecular weight is 266 g/mol. The molecule has 1 amide bonds. The minimum atomic E-state index is 0.0382. The first-order valence-electron chi connectivity index (χ1n) is 6.58. The van der Waals surface area contributed by atoms with Gasteiger partial charge < -0.3 is 4.74 Å². The lowest BCUT2D eigenvalue weighted by Gasteiger charge is -2.26. The lowest BCUT2D eigenvalue weighted by Crippen LogP contribution is -2.48. The number of ether oxygens (including phenoxy) is 1. The molecule has 1 aliphatic carbocycles. The zero-order chi connectivity index (χ0) is 12.4. The summed E-state index contributed by atoms with van der Waals surface area (Å²) in [5.74, 6) is 0.0382. The van der Waals surface area contributed by atoms with E-state index in [2.05, 4.69) is 11.5 Å². The summed E-state index contributed by atoms with van der Waals surface area (Å²) < 4.78 is 5.26. The maximum atomic E-state index is 12.1. The normalized spacial score (nSPS) is 20.4. The Balaban J connectivity index is 1.66. The van der Waals surface area contributed by atoms with Gasteiger partial charge in [-0.05, 0) is 37.3 Å².